The van der Waals surface area contributed by atoms with Gasteiger partial charge in [0, 0.05) is 0 Å². The van der Waals surface area contributed by atoms with E-state index in [0.29, 0.717) is 46.2 Å². The molecule has 0 aromatic heterocycles. The molecule has 4 nitrogen and oxygen atoms in total. The van der Waals surface area contributed by atoms with Crippen LogP contribution < -0.4 is 0 Å². The summed E-state index contributed by atoms with van der Waals surface area (Å²) in [7, 11) is 0. The average Bonchev–Trinajstić information content (AvgIpc) is 2.49. The van der Waals surface area contributed by atoms with Gasteiger partial charge in [-0.1, -0.05) is 30.3 Å². The first kappa shape index (κ1) is 17.0. The Morgan fingerprint density at radius 1 is 0.650 bits per heavy atom. The number of benzene rings is 1. The summed E-state index contributed by atoms with van der Waals surface area (Å²) < 4.78 is 32.7. The molecule has 0 bridgehead atoms. The Morgan fingerprint density at radius 3 is 1.70 bits per heavy atom. The summed E-state index contributed by atoms with van der Waals surface area (Å²) in [6.07, 6.45) is 0. The normalized spacial score (nSPS) is 10.8. The minimum atomic E-state index is -0.452. The van der Waals surface area contributed by atoms with E-state index in [1.54, 1.807) is 0 Å². The van der Waals surface area contributed by atoms with Gasteiger partial charge in [0.1, 0.15) is 6.67 Å². The fourth-order valence-corrected chi connectivity index (χ4v) is 1.48. The molecule has 1 rings (SSSR count). The maximum absolute atomic E-state index is 11.7. The Hall–Kier alpha value is -1.01. The van der Waals surface area contributed by atoms with Crippen LogP contribution in [0.25, 0.3) is 0 Å². The number of halogens is 1. The smallest absolute Gasteiger partial charge is 0.113 e. The summed E-state index contributed by atoms with van der Waals surface area (Å²) in [5.74, 6) is 0. The van der Waals surface area contributed by atoms with Gasteiger partial charge in [0.15, 0.2) is 0 Å². The van der Waals surface area contributed by atoms with Gasteiger partial charge < -0.3 is 18.9 Å². The number of alkyl halides is 1. The second kappa shape index (κ2) is 13.0. The van der Waals surface area contributed by atoms with E-state index in [4.69, 9.17) is 18.9 Å². The first-order chi connectivity index (χ1) is 9.93. The van der Waals surface area contributed by atoms with E-state index in [1.165, 1.54) is 0 Å². The quantitative estimate of drug-likeness (QED) is 0.521. The van der Waals surface area contributed by atoms with Gasteiger partial charge in [0.05, 0.1) is 52.9 Å². The summed E-state index contributed by atoms with van der Waals surface area (Å²) in [5.41, 5.74) is 1.16. The SMILES string of the molecule is FCCOCCOCCOCCOCc1ccccc1. The highest BCUT2D eigenvalue weighted by Gasteiger charge is 1.93. The molecule has 114 valence electrons. The van der Waals surface area contributed by atoms with E-state index in [2.05, 4.69) is 0 Å². The summed E-state index contributed by atoms with van der Waals surface area (Å²) >= 11 is 0. The zero-order valence-electron chi connectivity index (χ0n) is 11.8. The van der Waals surface area contributed by atoms with Gasteiger partial charge in [-0.25, -0.2) is 4.39 Å². The van der Waals surface area contributed by atoms with Gasteiger partial charge in [0.25, 0.3) is 0 Å². The van der Waals surface area contributed by atoms with Crippen molar-refractivity contribution in [3.63, 3.8) is 0 Å². The number of hydrogen-bond acceptors (Lipinski definition) is 4. The van der Waals surface area contributed by atoms with Crippen LogP contribution in [0.4, 0.5) is 4.39 Å². The van der Waals surface area contributed by atoms with Crippen molar-refractivity contribution in [3.8, 4) is 0 Å². The van der Waals surface area contributed by atoms with Crippen molar-refractivity contribution in [3.05, 3.63) is 35.9 Å². The van der Waals surface area contributed by atoms with Crippen LogP contribution in [0, 0.1) is 0 Å². The molecule has 0 aliphatic heterocycles. The van der Waals surface area contributed by atoms with Crippen molar-refractivity contribution >= 4 is 0 Å². The zero-order chi connectivity index (χ0) is 14.3. The second-order valence-corrected chi connectivity index (χ2v) is 4.06. The lowest BCUT2D eigenvalue weighted by Crippen LogP contribution is -2.12. The monoisotopic (exact) mass is 286 g/mol. The number of ether oxygens (including phenoxy) is 4. The number of rotatable bonds is 13. The van der Waals surface area contributed by atoms with Crippen molar-refractivity contribution in [1.82, 2.24) is 0 Å². The first-order valence-corrected chi connectivity index (χ1v) is 6.84. The van der Waals surface area contributed by atoms with Crippen LogP contribution in [0.5, 0.6) is 0 Å². The lowest BCUT2D eigenvalue weighted by molar-refractivity contribution is -0.00513. The molecule has 0 unspecified atom stereocenters. The minimum absolute atomic E-state index is 0.138. The first-order valence-electron chi connectivity index (χ1n) is 6.84. The fraction of sp³-hybridized carbons (Fsp3) is 0.600. The van der Waals surface area contributed by atoms with Crippen molar-refractivity contribution in [2.75, 3.05) is 52.9 Å². The lowest BCUT2D eigenvalue weighted by Gasteiger charge is -2.07. The average molecular weight is 286 g/mol. The Morgan fingerprint density at radius 2 is 1.15 bits per heavy atom. The van der Waals surface area contributed by atoms with Crippen LogP contribution in [0.3, 0.4) is 0 Å². The van der Waals surface area contributed by atoms with Crippen molar-refractivity contribution in [2.45, 2.75) is 6.61 Å². The van der Waals surface area contributed by atoms with Gasteiger partial charge in [-0.05, 0) is 5.56 Å². The topological polar surface area (TPSA) is 36.9 Å². The third-order valence-corrected chi connectivity index (χ3v) is 2.45. The predicted octanol–water partition coefficient (Wildman–Crippen LogP) is 2.22. The molecule has 0 spiro atoms. The highest BCUT2D eigenvalue weighted by atomic mass is 19.1. The van der Waals surface area contributed by atoms with Gasteiger partial charge in [-0.3, -0.25) is 0 Å². The fourth-order valence-electron chi connectivity index (χ4n) is 1.48. The highest BCUT2D eigenvalue weighted by molar-refractivity contribution is 5.13. The lowest BCUT2D eigenvalue weighted by atomic mass is 10.2. The maximum Gasteiger partial charge on any atom is 0.113 e. The van der Waals surface area contributed by atoms with Gasteiger partial charge in [-0.2, -0.15) is 0 Å². The predicted molar refractivity (Wildman–Crippen MR) is 74.5 cm³/mol. The van der Waals surface area contributed by atoms with Gasteiger partial charge >= 0.3 is 0 Å². The van der Waals surface area contributed by atoms with Crippen LogP contribution >= 0.6 is 0 Å². The van der Waals surface area contributed by atoms with Crippen molar-refractivity contribution in [1.29, 1.82) is 0 Å². The third-order valence-electron chi connectivity index (χ3n) is 2.45. The maximum atomic E-state index is 11.7. The molecule has 0 atom stereocenters. The standard InChI is InChI=1S/C15H23FO4/c16-6-7-17-8-9-18-10-11-19-12-13-20-14-15-4-2-1-3-5-15/h1-5H,6-14H2. The molecule has 0 saturated heterocycles. The molecule has 0 radical (unpaired) electrons. The van der Waals surface area contributed by atoms with E-state index in [0.717, 1.165) is 5.56 Å². The molecular weight excluding hydrogens is 263 g/mol. The molecule has 1 aromatic carbocycles. The van der Waals surface area contributed by atoms with Gasteiger partial charge in [-0.15, -0.1) is 0 Å². The van der Waals surface area contributed by atoms with E-state index >= 15 is 0 Å². The second-order valence-electron chi connectivity index (χ2n) is 4.06. The molecule has 20 heavy (non-hydrogen) atoms. The number of hydrogen-bond donors (Lipinski definition) is 0. The van der Waals surface area contributed by atoms with E-state index in [1.807, 2.05) is 30.3 Å². The molecule has 0 heterocycles. The summed E-state index contributed by atoms with van der Waals surface area (Å²) in [6.45, 7) is 3.33. The van der Waals surface area contributed by atoms with Gasteiger partial charge in [0.2, 0.25) is 0 Å². The van der Waals surface area contributed by atoms with Crippen LogP contribution in [0.1, 0.15) is 5.56 Å². The Labute approximate surface area is 119 Å². The van der Waals surface area contributed by atoms with E-state index < -0.39 is 6.67 Å². The molecule has 0 aliphatic carbocycles. The molecule has 1 aromatic rings. The van der Waals surface area contributed by atoms with Crippen LogP contribution in [-0.4, -0.2) is 52.9 Å². The largest absolute Gasteiger partial charge is 0.377 e. The Bertz CT molecular complexity index is 308. The summed E-state index contributed by atoms with van der Waals surface area (Å²) in [6, 6.07) is 10.0. The van der Waals surface area contributed by atoms with Crippen LogP contribution in [0.2, 0.25) is 0 Å². The molecule has 0 amide bonds. The summed E-state index contributed by atoms with van der Waals surface area (Å²) in [4.78, 5) is 0. The Kier molecular flexibility index (Phi) is 11.1. The molecule has 0 saturated carbocycles. The van der Waals surface area contributed by atoms with Crippen LogP contribution in [0.15, 0.2) is 30.3 Å². The zero-order valence-corrected chi connectivity index (χ0v) is 11.8. The molecule has 0 aliphatic rings. The third kappa shape index (κ3) is 9.86. The van der Waals surface area contributed by atoms with E-state index in [9.17, 15) is 4.39 Å². The molecule has 5 heteroatoms. The summed E-state index contributed by atoms with van der Waals surface area (Å²) in [5, 5.41) is 0. The minimum Gasteiger partial charge on any atom is -0.377 e. The van der Waals surface area contributed by atoms with E-state index in [-0.39, 0.29) is 6.61 Å². The van der Waals surface area contributed by atoms with Crippen molar-refractivity contribution < 1.29 is 23.3 Å². The highest BCUT2D eigenvalue weighted by Crippen LogP contribution is 1.99. The molecule has 0 N–H and O–H groups in total. The van der Waals surface area contributed by atoms with Crippen LogP contribution in [-0.2, 0) is 25.6 Å². The Balaban J connectivity index is 1.77. The van der Waals surface area contributed by atoms with Crippen molar-refractivity contribution in [2.24, 2.45) is 0 Å². The molecule has 0 fully saturated rings. The molecular formula is C15H23FO4.